The summed E-state index contributed by atoms with van der Waals surface area (Å²) >= 11 is 4.91. The van der Waals surface area contributed by atoms with Crippen LogP contribution < -0.4 is 0 Å². The first-order valence-corrected chi connectivity index (χ1v) is 3.38. The fourth-order valence-electron chi connectivity index (χ4n) is 0.704. The SMILES string of the molecule is O=C(Cl)c1cnncc1C(F)(F)F. The molecule has 0 unspecified atom stereocenters. The molecule has 0 fully saturated rings. The molecule has 70 valence electrons. The highest BCUT2D eigenvalue weighted by Crippen LogP contribution is 2.31. The molecular weight excluding hydrogens is 209 g/mol. The van der Waals surface area contributed by atoms with Crippen molar-refractivity contribution in [2.24, 2.45) is 0 Å². The van der Waals surface area contributed by atoms with Crippen LogP contribution >= 0.6 is 11.6 Å². The van der Waals surface area contributed by atoms with Crippen LogP contribution in [0.5, 0.6) is 0 Å². The van der Waals surface area contributed by atoms with E-state index in [1.807, 2.05) is 0 Å². The van der Waals surface area contributed by atoms with Crippen LogP contribution in [-0.2, 0) is 6.18 Å². The largest absolute Gasteiger partial charge is 0.418 e. The van der Waals surface area contributed by atoms with Crippen molar-refractivity contribution in [3.63, 3.8) is 0 Å². The van der Waals surface area contributed by atoms with Gasteiger partial charge in [0.15, 0.2) is 0 Å². The molecule has 0 aromatic carbocycles. The van der Waals surface area contributed by atoms with Crippen molar-refractivity contribution in [1.29, 1.82) is 0 Å². The normalized spacial score (nSPS) is 11.4. The Morgan fingerprint density at radius 1 is 1.31 bits per heavy atom. The Bertz CT molecular complexity index is 339. The number of hydrogen-bond acceptors (Lipinski definition) is 3. The molecule has 0 atom stereocenters. The minimum atomic E-state index is -4.64. The predicted octanol–water partition coefficient (Wildman–Crippen LogP) is 1.87. The zero-order valence-corrected chi connectivity index (χ0v) is 6.73. The van der Waals surface area contributed by atoms with E-state index in [0.717, 1.165) is 0 Å². The van der Waals surface area contributed by atoms with Crippen LogP contribution in [0.3, 0.4) is 0 Å². The lowest BCUT2D eigenvalue weighted by molar-refractivity contribution is -0.138. The molecule has 0 bridgehead atoms. The van der Waals surface area contributed by atoms with E-state index >= 15 is 0 Å². The maximum Gasteiger partial charge on any atom is 0.418 e. The number of carbonyl (C=O) groups excluding carboxylic acids is 1. The summed E-state index contributed by atoms with van der Waals surface area (Å²) in [6, 6.07) is 0. The second-order valence-electron chi connectivity index (χ2n) is 2.09. The van der Waals surface area contributed by atoms with E-state index in [-0.39, 0.29) is 0 Å². The van der Waals surface area contributed by atoms with E-state index in [2.05, 4.69) is 10.2 Å². The maximum atomic E-state index is 12.1. The summed E-state index contributed by atoms with van der Waals surface area (Å²) in [4.78, 5) is 10.5. The summed E-state index contributed by atoms with van der Waals surface area (Å²) in [7, 11) is 0. The number of aromatic nitrogens is 2. The Labute approximate surface area is 75.5 Å². The quantitative estimate of drug-likeness (QED) is 0.665. The van der Waals surface area contributed by atoms with Gasteiger partial charge in [0.2, 0.25) is 0 Å². The molecule has 0 N–H and O–H groups in total. The molecule has 0 saturated heterocycles. The van der Waals surface area contributed by atoms with Gasteiger partial charge >= 0.3 is 6.18 Å². The maximum absolute atomic E-state index is 12.1. The van der Waals surface area contributed by atoms with Gasteiger partial charge in [-0.25, -0.2) is 0 Å². The van der Waals surface area contributed by atoms with Crippen LogP contribution in [-0.4, -0.2) is 15.4 Å². The molecule has 0 aliphatic carbocycles. The van der Waals surface area contributed by atoms with Crippen molar-refractivity contribution in [2.75, 3.05) is 0 Å². The highest BCUT2D eigenvalue weighted by atomic mass is 35.5. The van der Waals surface area contributed by atoms with Crippen molar-refractivity contribution in [3.8, 4) is 0 Å². The zero-order chi connectivity index (χ0) is 10.1. The van der Waals surface area contributed by atoms with Gasteiger partial charge in [0.1, 0.15) is 0 Å². The lowest BCUT2D eigenvalue weighted by Crippen LogP contribution is -2.12. The van der Waals surface area contributed by atoms with E-state index in [0.29, 0.717) is 12.4 Å². The van der Waals surface area contributed by atoms with E-state index in [1.165, 1.54) is 0 Å². The van der Waals surface area contributed by atoms with Crippen molar-refractivity contribution in [3.05, 3.63) is 23.5 Å². The van der Waals surface area contributed by atoms with E-state index in [4.69, 9.17) is 11.6 Å². The van der Waals surface area contributed by atoms with Crippen molar-refractivity contribution in [1.82, 2.24) is 10.2 Å². The molecule has 0 spiro atoms. The van der Waals surface area contributed by atoms with Crippen molar-refractivity contribution >= 4 is 16.8 Å². The van der Waals surface area contributed by atoms with Gasteiger partial charge in [0.05, 0.1) is 23.5 Å². The monoisotopic (exact) mass is 210 g/mol. The number of hydrogen-bond donors (Lipinski definition) is 0. The van der Waals surface area contributed by atoms with Crippen LogP contribution in [0, 0.1) is 0 Å². The van der Waals surface area contributed by atoms with E-state index in [9.17, 15) is 18.0 Å². The highest BCUT2D eigenvalue weighted by molar-refractivity contribution is 6.67. The molecule has 3 nitrogen and oxygen atoms in total. The fraction of sp³-hybridized carbons (Fsp3) is 0.167. The topological polar surface area (TPSA) is 42.9 Å². The number of nitrogens with zero attached hydrogens (tertiary/aromatic N) is 2. The highest BCUT2D eigenvalue weighted by Gasteiger charge is 2.35. The Morgan fingerprint density at radius 3 is 2.23 bits per heavy atom. The molecule has 0 radical (unpaired) electrons. The predicted molar refractivity (Wildman–Crippen MR) is 37.2 cm³/mol. The minimum Gasteiger partial charge on any atom is -0.276 e. The Morgan fingerprint density at radius 2 is 1.85 bits per heavy atom. The van der Waals surface area contributed by atoms with Crippen LogP contribution in [0.2, 0.25) is 0 Å². The standard InChI is InChI=1S/C6H2ClF3N2O/c7-5(13)3-1-11-12-2-4(3)6(8,9)10/h1-2H. The molecule has 0 aliphatic rings. The lowest BCUT2D eigenvalue weighted by Gasteiger charge is -2.07. The molecule has 13 heavy (non-hydrogen) atoms. The third-order valence-electron chi connectivity index (χ3n) is 1.25. The molecule has 7 heteroatoms. The van der Waals surface area contributed by atoms with Gasteiger partial charge in [-0.1, -0.05) is 0 Å². The van der Waals surface area contributed by atoms with Gasteiger partial charge < -0.3 is 0 Å². The first kappa shape index (κ1) is 9.91. The summed E-state index contributed by atoms with van der Waals surface area (Å²) < 4.78 is 36.4. The summed E-state index contributed by atoms with van der Waals surface area (Å²) in [5.41, 5.74) is -1.87. The number of carbonyl (C=O) groups is 1. The Balaban J connectivity index is 3.28. The molecule has 0 amide bonds. The Hall–Kier alpha value is -1.17. The van der Waals surface area contributed by atoms with Gasteiger partial charge in [-0.2, -0.15) is 23.4 Å². The van der Waals surface area contributed by atoms with Crippen molar-refractivity contribution in [2.45, 2.75) is 6.18 Å². The fourth-order valence-corrected chi connectivity index (χ4v) is 0.854. The minimum absolute atomic E-state index is 0.454. The summed E-state index contributed by atoms with van der Waals surface area (Å²) in [6.45, 7) is 0. The molecule has 0 saturated carbocycles. The number of alkyl halides is 3. The second kappa shape index (κ2) is 3.29. The van der Waals surface area contributed by atoms with E-state index in [1.54, 1.807) is 0 Å². The smallest absolute Gasteiger partial charge is 0.276 e. The summed E-state index contributed by atoms with van der Waals surface area (Å²) in [5, 5.41) is 4.93. The average molecular weight is 211 g/mol. The van der Waals surface area contributed by atoms with Crippen molar-refractivity contribution < 1.29 is 18.0 Å². The van der Waals surface area contributed by atoms with Gasteiger partial charge in [-0.05, 0) is 11.6 Å². The van der Waals surface area contributed by atoms with Crippen LogP contribution in [0.25, 0.3) is 0 Å². The Kier molecular flexibility index (Phi) is 2.51. The third-order valence-corrected chi connectivity index (χ3v) is 1.45. The second-order valence-corrected chi connectivity index (χ2v) is 2.43. The molecule has 0 aliphatic heterocycles. The van der Waals surface area contributed by atoms with Crippen LogP contribution in [0.4, 0.5) is 13.2 Å². The van der Waals surface area contributed by atoms with Gasteiger partial charge in [-0.15, -0.1) is 0 Å². The molecule has 1 heterocycles. The first-order valence-electron chi connectivity index (χ1n) is 3.00. The van der Waals surface area contributed by atoms with E-state index < -0.39 is 22.5 Å². The van der Waals surface area contributed by atoms with Gasteiger partial charge in [-0.3, -0.25) is 4.79 Å². The van der Waals surface area contributed by atoms with Gasteiger partial charge in [0.25, 0.3) is 5.24 Å². The first-order chi connectivity index (χ1) is 5.93. The third kappa shape index (κ3) is 2.15. The van der Waals surface area contributed by atoms with Gasteiger partial charge in [0, 0.05) is 0 Å². The number of rotatable bonds is 1. The van der Waals surface area contributed by atoms with Crippen LogP contribution in [0.1, 0.15) is 15.9 Å². The molecule has 1 aromatic heterocycles. The summed E-state index contributed by atoms with van der Waals surface area (Å²) in [5.74, 6) is 0. The molecular formula is C6H2ClF3N2O. The molecule has 1 aromatic rings. The lowest BCUT2D eigenvalue weighted by atomic mass is 10.2. The zero-order valence-electron chi connectivity index (χ0n) is 5.97. The summed E-state index contributed by atoms with van der Waals surface area (Å²) in [6.07, 6.45) is -3.51. The van der Waals surface area contributed by atoms with Crippen LogP contribution in [0.15, 0.2) is 12.4 Å². The number of halogens is 4. The molecule has 1 rings (SSSR count). The average Bonchev–Trinajstić information content (AvgIpc) is 2.03.